The number of carbonyl (C=O) groups excluding carboxylic acids is 2. The summed E-state index contributed by atoms with van der Waals surface area (Å²) in [5.74, 6) is 0.0774. The van der Waals surface area contributed by atoms with Crippen LogP contribution in [0.3, 0.4) is 0 Å². The molecule has 0 bridgehead atoms. The number of fused-ring (bicyclic) bond motifs is 1. The molecule has 4 rings (SSSR count). The maximum absolute atomic E-state index is 12.4. The number of benzene rings is 1. The smallest absolute Gasteiger partial charge is 0.276 e. The van der Waals surface area contributed by atoms with E-state index < -0.39 is 0 Å². The lowest BCUT2D eigenvalue weighted by Crippen LogP contribution is -2.27. The third-order valence-electron chi connectivity index (χ3n) is 5.32. The number of aryl methyl sites for hydroxylation is 2. The highest BCUT2D eigenvalue weighted by molar-refractivity contribution is 6.04. The lowest BCUT2D eigenvalue weighted by Gasteiger charge is -2.15. The minimum absolute atomic E-state index is 0.165. The number of rotatable bonds is 5. The second-order valence-corrected chi connectivity index (χ2v) is 7.12. The van der Waals surface area contributed by atoms with E-state index in [4.69, 9.17) is 0 Å². The van der Waals surface area contributed by atoms with Gasteiger partial charge in [-0.15, -0.1) is 0 Å². The molecule has 2 amide bonds. The van der Waals surface area contributed by atoms with Crippen LogP contribution in [0.5, 0.6) is 0 Å². The Balaban J connectivity index is 1.32. The number of anilines is 1. The van der Waals surface area contributed by atoms with Gasteiger partial charge >= 0.3 is 0 Å². The average molecular weight is 352 g/mol. The highest BCUT2D eigenvalue weighted by atomic mass is 16.2. The lowest BCUT2D eigenvalue weighted by atomic mass is 10.1. The molecule has 0 spiro atoms. The number of amides is 2. The number of aromatic nitrogens is 2. The van der Waals surface area contributed by atoms with Crippen LogP contribution in [-0.4, -0.2) is 40.0 Å². The molecule has 1 aromatic heterocycles. The van der Waals surface area contributed by atoms with Gasteiger partial charge in [0, 0.05) is 36.5 Å². The summed E-state index contributed by atoms with van der Waals surface area (Å²) in [6.45, 7) is 1.81. The molecule has 2 N–H and O–H groups in total. The third-order valence-corrected chi connectivity index (χ3v) is 5.32. The van der Waals surface area contributed by atoms with Gasteiger partial charge in [0.05, 0.1) is 0 Å². The molecule has 26 heavy (non-hydrogen) atoms. The molecular formula is C20H24N4O2. The minimum Gasteiger partial charge on any atom is -0.343 e. The van der Waals surface area contributed by atoms with Crippen molar-refractivity contribution in [3.05, 3.63) is 46.8 Å². The highest BCUT2D eigenvalue weighted by Crippen LogP contribution is 2.23. The number of hydrogen-bond donors (Lipinski definition) is 2. The summed E-state index contributed by atoms with van der Waals surface area (Å²) < 4.78 is 0. The predicted molar refractivity (Wildman–Crippen MR) is 99.1 cm³/mol. The van der Waals surface area contributed by atoms with Gasteiger partial charge in [-0.1, -0.05) is 12.1 Å². The minimum atomic E-state index is -0.165. The first-order chi connectivity index (χ1) is 12.7. The van der Waals surface area contributed by atoms with Crippen molar-refractivity contribution in [1.29, 1.82) is 0 Å². The number of carbonyl (C=O) groups is 2. The van der Waals surface area contributed by atoms with Crippen molar-refractivity contribution in [2.45, 2.75) is 44.9 Å². The summed E-state index contributed by atoms with van der Waals surface area (Å²) in [6, 6.07) is 7.73. The van der Waals surface area contributed by atoms with E-state index >= 15 is 0 Å². The summed E-state index contributed by atoms with van der Waals surface area (Å²) in [6.07, 6.45) is 6.49. The van der Waals surface area contributed by atoms with Gasteiger partial charge in [0.1, 0.15) is 0 Å². The fraction of sp³-hybridized carbons (Fsp3) is 0.450. The Hall–Kier alpha value is -2.63. The Morgan fingerprint density at radius 2 is 1.85 bits per heavy atom. The summed E-state index contributed by atoms with van der Waals surface area (Å²) in [7, 11) is 0. The van der Waals surface area contributed by atoms with Crippen LogP contribution in [0.15, 0.2) is 24.3 Å². The van der Waals surface area contributed by atoms with Crippen LogP contribution >= 0.6 is 0 Å². The Labute approximate surface area is 153 Å². The van der Waals surface area contributed by atoms with Crippen LogP contribution in [0.25, 0.3) is 0 Å². The van der Waals surface area contributed by atoms with Crippen LogP contribution < -0.4 is 5.32 Å². The maximum atomic E-state index is 12.4. The molecule has 1 aromatic carbocycles. The van der Waals surface area contributed by atoms with Crippen LogP contribution in [0, 0.1) is 0 Å². The molecule has 6 nitrogen and oxygen atoms in total. The molecular weight excluding hydrogens is 328 g/mol. The van der Waals surface area contributed by atoms with Crippen molar-refractivity contribution in [2.24, 2.45) is 0 Å². The number of aromatic amines is 1. The number of nitrogens with one attached hydrogen (secondary N) is 2. The number of likely N-dealkylation sites (tertiary alicyclic amines) is 1. The van der Waals surface area contributed by atoms with E-state index in [1.807, 2.05) is 29.2 Å². The standard InChI is InChI=1S/C20H24N4O2/c25-18(24-12-1-2-13-24)11-8-14-6-9-15(10-7-14)21-20(26)19-16-4-3-5-17(16)22-23-19/h6-7,9-10H,1-5,8,11-13H2,(H,21,26)(H,22,23). The first-order valence-electron chi connectivity index (χ1n) is 9.45. The molecule has 6 heteroatoms. The van der Waals surface area contributed by atoms with E-state index in [9.17, 15) is 9.59 Å². The van der Waals surface area contributed by atoms with Crippen molar-refractivity contribution in [1.82, 2.24) is 15.1 Å². The van der Waals surface area contributed by atoms with Crippen molar-refractivity contribution < 1.29 is 9.59 Å². The summed E-state index contributed by atoms with van der Waals surface area (Å²) in [4.78, 5) is 26.5. The molecule has 0 atom stereocenters. The summed E-state index contributed by atoms with van der Waals surface area (Å²) in [5.41, 5.74) is 4.51. The van der Waals surface area contributed by atoms with Crippen LogP contribution in [0.2, 0.25) is 0 Å². The van der Waals surface area contributed by atoms with Gasteiger partial charge in [-0.3, -0.25) is 14.7 Å². The molecule has 2 aromatic rings. The monoisotopic (exact) mass is 352 g/mol. The largest absolute Gasteiger partial charge is 0.343 e. The van der Waals surface area contributed by atoms with Gasteiger partial charge in [0.25, 0.3) is 5.91 Å². The zero-order chi connectivity index (χ0) is 17.9. The van der Waals surface area contributed by atoms with Crippen LogP contribution in [0.4, 0.5) is 5.69 Å². The van der Waals surface area contributed by atoms with Gasteiger partial charge < -0.3 is 10.2 Å². The fourth-order valence-electron chi connectivity index (χ4n) is 3.83. The molecule has 2 aliphatic rings. The Morgan fingerprint density at radius 1 is 1.08 bits per heavy atom. The maximum Gasteiger partial charge on any atom is 0.276 e. The van der Waals surface area contributed by atoms with E-state index in [-0.39, 0.29) is 11.8 Å². The zero-order valence-corrected chi connectivity index (χ0v) is 14.9. The molecule has 0 saturated carbocycles. The van der Waals surface area contributed by atoms with E-state index in [1.165, 1.54) is 0 Å². The molecule has 1 aliphatic carbocycles. The molecule has 0 unspecified atom stereocenters. The number of nitrogens with zero attached hydrogens (tertiary/aromatic N) is 2. The van der Waals surface area contributed by atoms with Crippen LogP contribution in [-0.2, 0) is 24.1 Å². The van der Waals surface area contributed by atoms with Crippen molar-refractivity contribution in [3.8, 4) is 0 Å². The van der Waals surface area contributed by atoms with Crippen molar-refractivity contribution in [2.75, 3.05) is 18.4 Å². The lowest BCUT2D eigenvalue weighted by molar-refractivity contribution is -0.130. The molecule has 2 heterocycles. The normalized spacial score (nSPS) is 15.9. The van der Waals surface area contributed by atoms with E-state index in [1.54, 1.807) is 0 Å². The Morgan fingerprint density at radius 3 is 2.62 bits per heavy atom. The molecule has 1 aliphatic heterocycles. The molecule has 0 radical (unpaired) electrons. The first-order valence-corrected chi connectivity index (χ1v) is 9.45. The quantitative estimate of drug-likeness (QED) is 0.868. The predicted octanol–water partition coefficient (Wildman–Crippen LogP) is 2.71. The zero-order valence-electron chi connectivity index (χ0n) is 14.9. The highest BCUT2D eigenvalue weighted by Gasteiger charge is 2.23. The average Bonchev–Trinajstić information content (AvgIpc) is 3.38. The van der Waals surface area contributed by atoms with E-state index in [2.05, 4.69) is 15.5 Å². The van der Waals surface area contributed by atoms with Gasteiger partial charge in [-0.05, 0) is 56.2 Å². The van der Waals surface area contributed by atoms with Gasteiger partial charge in [-0.25, -0.2) is 0 Å². The second kappa shape index (κ2) is 7.32. The number of H-pyrrole nitrogens is 1. The van der Waals surface area contributed by atoms with Gasteiger partial charge in [-0.2, -0.15) is 5.10 Å². The summed E-state index contributed by atoms with van der Waals surface area (Å²) >= 11 is 0. The third kappa shape index (κ3) is 3.49. The van der Waals surface area contributed by atoms with E-state index in [0.717, 1.165) is 74.1 Å². The first kappa shape index (κ1) is 16.8. The molecule has 1 saturated heterocycles. The summed E-state index contributed by atoms with van der Waals surface area (Å²) in [5, 5.41) is 10.0. The van der Waals surface area contributed by atoms with Crippen molar-refractivity contribution >= 4 is 17.5 Å². The van der Waals surface area contributed by atoms with Gasteiger partial charge in [0.2, 0.25) is 5.91 Å². The fourth-order valence-corrected chi connectivity index (χ4v) is 3.83. The topological polar surface area (TPSA) is 78.1 Å². The Bertz CT molecular complexity index is 804. The number of hydrogen-bond acceptors (Lipinski definition) is 3. The van der Waals surface area contributed by atoms with Gasteiger partial charge in [0.15, 0.2) is 5.69 Å². The molecule has 136 valence electrons. The van der Waals surface area contributed by atoms with Crippen LogP contribution in [0.1, 0.15) is 53.0 Å². The second-order valence-electron chi connectivity index (χ2n) is 7.12. The van der Waals surface area contributed by atoms with Crippen molar-refractivity contribution in [3.63, 3.8) is 0 Å². The Kier molecular flexibility index (Phi) is 4.73. The van der Waals surface area contributed by atoms with E-state index in [0.29, 0.717) is 12.1 Å². The molecule has 1 fully saturated rings. The SMILES string of the molecule is O=C(Nc1ccc(CCC(=O)N2CCCC2)cc1)c1n[nH]c2c1CCC2.